The van der Waals surface area contributed by atoms with Gasteiger partial charge in [0.05, 0.1) is 11.4 Å². The van der Waals surface area contributed by atoms with Crippen molar-refractivity contribution in [3.05, 3.63) is 41.7 Å². The fourth-order valence-electron chi connectivity index (χ4n) is 2.55. The Bertz CT molecular complexity index is 627. The molecule has 1 fully saturated rings. The molecular weight excluding hydrogens is 288 g/mol. The van der Waals surface area contributed by atoms with Gasteiger partial charge in [0.15, 0.2) is 0 Å². The molecule has 1 amide bonds. The summed E-state index contributed by atoms with van der Waals surface area (Å²) < 4.78 is 1.79. The van der Waals surface area contributed by atoms with Gasteiger partial charge in [0.1, 0.15) is 0 Å². The van der Waals surface area contributed by atoms with Crippen LogP contribution < -0.4 is 10.6 Å². The smallest absolute Gasteiger partial charge is 0.222 e. The average molecular weight is 305 g/mol. The molecule has 0 bridgehead atoms. The molecule has 21 heavy (non-hydrogen) atoms. The summed E-state index contributed by atoms with van der Waals surface area (Å²) in [5.41, 5.74) is 1.82. The molecule has 3 rings (SSSR count). The minimum absolute atomic E-state index is 0.0904. The molecule has 1 saturated heterocycles. The summed E-state index contributed by atoms with van der Waals surface area (Å²) in [5.74, 6) is 0.0904. The lowest BCUT2D eigenvalue weighted by Crippen LogP contribution is -2.27. The number of carbonyl (C=O) groups is 1. The van der Waals surface area contributed by atoms with Crippen molar-refractivity contribution in [2.75, 3.05) is 11.9 Å². The number of anilines is 1. The highest BCUT2D eigenvalue weighted by atomic mass is 35.5. The Labute approximate surface area is 128 Å². The molecule has 0 spiro atoms. The summed E-state index contributed by atoms with van der Waals surface area (Å²) in [7, 11) is 0. The summed E-state index contributed by atoms with van der Waals surface area (Å²) in [6.45, 7) is 0.749. The predicted octanol–water partition coefficient (Wildman–Crippen LogP) is 2.61. The van der Waals surface area contributed by atoms with Crippen LogP contribution in [0.25, 0.3) is 5.69 Å². The van der Waals surface area contributed by atoms with Crippen molar-refractivity contribution in [1.29, 1.82) is 0 Å². The molecule has 1 aromatic carbocycles. The molecule has 1 unspecified atom stereocenters. The van der Waals surface area contributed by atoms with Crippen molar-refractivity contribution in [2.24, 2.45) is 0 Å². The summed E-state index contributed by atoms with van der Waals surface area (Å²) in [6.07, 6.45) is 6.02. The average Bonchev–Trinajstić information content (AvgIpc) is 2.90. The van der Waals surface area contributed by atoms with Crippen molar-refractivity contribution in [1.82, 2.24) is 15.1 Å². The lowest BCUT2D eigenvalue weighted by Gasteiger charge is -2.19. The zero-order chi connectivity index (χ0) is 14.7. The topological polar surface area (TPSA) is 59.0 Å². The number of amides is 1. The van der Waals surface area contributed by atoms with Gasteiger partial charge in [-0.15, -0.1) is 0 Å². The Kier molecular flexibility index (Phi) is 4.10. The van der Waals surface area contributed by atoms with E-state index in [2.05, 4.69) is 15.7 Å². The molecule has 2 aromatic rings. The van der Waals surface area contributed by atoms with Gasteiger partial charge in [-0.3, -0.25) is 4.79 Å². The molecule has 6 heteroatoms. The first-order valence-electron chi connectivity index (χ1n) is 7.05. The van der Waals surface area contributed by atoms with E-state index in [1.165, 1.54) is 0 Å². The van der Waals surface area contributed by atoms with Gasteiger partial charge in [-0.05, 0) is 37.1 Å². The summed E-state index contributed by atoms with van der Waals surface area (Å²) in [6, 6.07) is 7.62. The molecule has 2 heterocycles. The molecule has 1 aromatic heterocycles. The van der Waals surface area contributed by atoms with Crippen LogP contribution in [0.1, 0.15) is 19.3 Å². The molecule has 110 valence electrons. The van der Waals surface area contributed by atoms with Gasteiger partial charge in [-0.1, -0.05) is 11.6 Å². The number of hydrogen-bond donors (Lipinski definition) is 2. The first kappa shape index (κ1) is 13.9. The quantitative estimate of drug-likeness (QED) is 0.916. The molecule has 0 radical (unpaired) electrons. The molecule has 1 aliphatic heterocycles. The predicted molar refractivity (Wildman–Crippen MR) is 82.8 cm³/mol. The van der Waals surface area contributed by atoms with Crippen LogP contribution in [-0.2, 0) is 4.79 Å². The van der Waals surface area contributed by atoms with Crippen LogP contribution in [0, 0.1) is 0 Å². The van der Waals surface area contributed by atoms with Crippen LogP contribution in [-0.4, -0.2) is 28.3 Å². The Hall–Kier alpha value is -2.01. The second kappa shape index (κ2) is 6.18. The Morgan fingerprint density at radius 1 is 1.43 bits per heavy atom. The monoisotopic (exact) mass is 304 g/mol. The van der Waals surface area contributed by atoms with E-state index in [9.17, 15) is 4.79 Å². The molecule has 1 atom stereocenters. The van der Waals surface area contributed by atoms with Crippen molar-refractivity contribution in [3.8, 4) is 5.69 Å². The standard InChI is InChI=1S/C15H17ClN4O/c16-11-4-5-14(20-8-2-7-18-20)13(9-11)19-12-3-1-6-17-15(21)10-12/h2,4-5,7-9,12,19H,1,3,6,10H2,(H,17,21). The zero-order valence-electron chi connectivity index (χ0n) is 11.6. The largest absolute Gasteiger partial charge is 0.380 e. The van der Waals surface area contributed by atoms with Crippen LogP contribution in [0.15, 0.2) is 36.7 Å². The Morgan fingerprint density at radius 2 is 2.33 bits per heavy atom. The van der Waals surface area contributed by atoms with E-state index in [4.69, 9.17) is 11.6 Å². The second-order valence-electron chi connectivity index (χ2n) is 5.15. The van der Waals surface area contributed by atoms with Gasteiger partial charge >= 0.3 is 0 Å². The molecule has 5 nitrogen and oxygen atoms in total. The lowest BCUT2D eigenvalue weighted by molar-refractivity contribution is -0.120. The summed E-state index contributed by atoms with van der Waals surface area (Å²) in [4.78, 5) is 11.7. The minimum atomic E-state index is 0.0904. The maximum Gasteiger partial charge on any atom is 0.222 e. The Balaban J connectivity index is 1.87. The van der Waals surface area contributed by atoms with Crippen molar-refractivity contribution >= 4 is 23.2 Å². The molecule has 2 N–H and O–H groups in total. The lowest BCUT2D eigenvalue weighted by atomic mass is 10.1. The highest BCUT2D eigenvalue weighted by Gasteiger charge is 2.18. The van der Waals surface area contributed by atoms with Gasteiger partial charge in [0, 0.05) is 36.4 Å². The highest BCUT2D eigenvalue weighted by molar-refractivity contribution is 6.31. The highest BCUT2D eigenvalue weighted by Crippen LogP contribution is 2.26. The number of hydrogen-bond acceptors (Lipinski definition) is 3. The normalized spacial score (nSPS) is 18.9. The number of rotatable bonds is 3. The van der Waals surface area contributed by atoms with E-state index in [1.807, 2.05) is 30.5 Å². The van der Waals surface area contributed by atoms with Crippen LogP contribution in [0.3, 0.4) is 0 Å². The second-order valence-corrected chi connectivity index (χ2v) is 5.59. The first-order chi connectivity index (χ1) is 10.2. The summed E-state index contributed by atoms with van der Waals surface area (Å²) >= 11 is 6.11. The van der Waals surface area contributed by atoms with Crippen molar-refractivity contribution in [3.63, 3.8) is 0 Å². The van der Waals surface area contributed by atoms with Gasteiger partial charge in [0.25, 0.3) is 0 Å². The number of nitrogens with one attached hydrogen (secondary N) is 2. The fourth-order valence-corrected chi connectivity index (χ4v) is 2.72. The third kappa shape index (κ3) is 3.36. The van der Waals surface area contributed by atoms with Crippen molar-refractivity contribution < 1.29 is 4.79 Å². The van der Waals surface area contributed by atoms with Crippen LogP contribution in [0.4, 0.5) is 5.69 Å². The number of aromatic nitrogens is 2. The van der Waals surface area contributed by atoms with E-state index < -0.39 is 0 Å². The number of nitrogens with zero attached hydrogens (tertiary/aromatic N) is 2. The van der Waals surface area contributed by atoms with E-state index in [0.717, 1.165) is 30.8 Å². The maximum atomic E-state index is 11.7. The maximum absolute atomic E-state index is 11.7. The molecule has 0 saturated carbocycles. The third-order valence-corrected chi connectivity index (χ3v) is 3.79. The van der Waals surface area contributed by atoms with Gasteiger partial charge in [-0.2, -0.15) is 5.10 Å². The molecular formula is C15H17ClN4O. The van der Waals surface area contributed by atoms with Crippen LogP contribution >= 0.6 is 11.6 Å². The SMILES string of the molecule is O=C1CC(Nc2cc(Cl)ccc2-n2cccn2)CCCN1. The van der Waals surface area contributed by atoms with Gasteiger partial charge in [0.2, 0.25) is 5.91 Å². The summed E-state index contributed by atoms with van der Waals surface area (Å²) in [5, 5.41) is 11.3. The van der Waals surface area contributed by atoms with E-state index in [1.54, 1.807) is 10.9 Å². The van der Waals surface area contributed by atoms with E-state index in [0.29, 0.717) is 11.4 Å². The molecule has 1 aliphatic rings. The number of benzene rings is 1. The van der Waals surface area contributed by atoms with Crippen LogP contribution in [0.2, 0.25) is 5.02 Å². The third-order valence-electron chi connectivity index (χ3n) is 3.55. The minimum Gasteiger partial charge on any atom is -0.380 e. The van der Waals surface area contributed by atoms with E-state index >= 15 is 0 Å². The molecule has 0 aliphatic carbocycles. The van der Waals surface area contributed by atoms with E-state index in [-0.39, 0.29) is 11.9 Å². The van der Waals surface area contributed by atoms with Gasteiger partial charge in [-0.25, -0.2) is 4.68 Å². The number of carbonyl (C=O) groups excluding carboxylic acids is 1. The first-order valence-corrected chi connectivity index (χ1v) is 7.43. The number of halogens is 1. The van der Waals surface area contributed by atoms with Crippen LogP contribution in [0.5, 0.6) is 0 Å². The Morgan fingerprint density at radius 3 is 3.14 bits per heavy atom. The zero-order valence-corrected chi connectivity index (χ0v) is 12.3. The fraction of sp³-hybridized carbons (Fsp3) is 0.333. The van der Waals surface area contributed by atoms with Crippen molar-refractivity contribution in [2.45, 2.75) is 25.3 Å². The van der Waals surface area contributed by atoms with Gasteiger partial charge < -0.3 is 10.6 Å².